The molecule has 4 rings (SSSR count). The van der Waals surface area contributed by atoms with E-state index < -0.39 is 47.2 Å². The Bertz CT molecular complexity index is 1470. The molecule has 0 aliphatic heterocycles. The van der Waals surface area contributed by atoms with Gasteiger partial charge in [-0.25, -0.2) is 4.79 Å². The molecule has 0 bridgehead atoms. The van der Waals surface area contributed by atoms with Gasteiger partial charge in [0, 0.05) is 18.0 Å². The quantitative estimate of drug-likeness (QED) is 0.232. The number of aromatic nitrogens is 1. The summed E-state index contributed by atoms with van der Waals surface area (Å²) in [5, 5.41) is 0.764. The molecule has 0 amide bonds. The van der Waals surface area contributed by atoms with Crippen LogP contribution in [0, 0.1) is 0 Å². The van der Waals surface area contributed by atoms with Crippen molar-refractivity contribution in [2.24, 2.45) is 7.05 Å². The van der Waals surface area contributed by atoms with Crippen molar-refractivity contribution in [1.29, 1.82) is 0 Å². The second kappa shape index (κ2) is 9.18. The molecule has 3 aromatic carbocycles. The van der Waals surface area contributed by atoms with E-state index in [0.29, 0.717) is 34.0 Å². The fraction of sp³-hybridized carbons (Fsp3) is 0.154. The lowest BCUT2D eigenvalue weighted by molar-refractivity contribution is -0.143. The molecule has 0 radical (unpaired) electrons. The number of hydrogen-bond acceptors (Lipinski definition) is 3. The Labute approximate surface area is 200 Å². The average molecular weight is 505 g/mol. The molecule has 0 unspecified atom stereocenters. The van der Waals surface area contributed by atoms with Gasteiger partial charge in [0.2, 0.25) is 0 Å². The van der Waals surface area contributed by atoms with Crippen LogP contribution in [0.4, 0.5) is 26.3 Å². The third kappa shape index (κ3) is 4.84. The van der Waals surface area contributed by atoms with Crippen molar-refractivity contribution in [2.75, 3.05) is 0 Å². The van der Waals surface area contributed by atoms with Gasteiger partial charge in [0.05, 0.1) is 11.1 Å². The highest BCUT2D eigenvalue weighted by Gasteiger charge is 2.37. The van der Waals surface area contributed by atoms with E-state index in [1.807, 2.05) is 0 Å². The maximum Gasteiger partial charge on any atom is 0.416 e. The summed E-state index contributed by atoms with van der Waals surface area (Å²) in [6.45, 7) is -0.874. The molecule has 0 aliphatic rings. The maximum absolute atomic E-state index is 13.2. The van der Waals surface area contributed by atoms with Gasteiger partial charge in [0.25, 0.3) is 5.56 Å². The minimum absolute atomic E-state index is 0.00807. The summed E-state index contributed by atoms with van der Waals surface area (Å²) >= 11 is 0. The largest absolute Gasteiger partial charge is 0.456 e. The monoisotopic (exact) mass is 505 g/mol. The fourth-order valence-corrected chi connectivity index (χ4v) is 3.92. The van der Waals surface area contributed by atoms with Crippen LogP contribution in [0.1, 0.15) is 27.2 Å². The van der Waals surface area contributed by atoms with Gasteiger partial charge < -0.3 is 9.30 Å². The van der Waals surface area contributed by atoms with Crippen molar-refractivity contribution in [3.05, 3.63) is 106 Å². The molecule has 0 fully saturated rings. The van der Waals surface area contributed by atoms with Crippen molar-refractivity contribution >= 4 is 16.7 Å². The summed E-state index contributed by atoms with van der Waals surface area (Å²) in [6, 6.07) is 16.1. The molecule has 1 aromatic heterocycles. The summed E-state index contributed by atoms with van der Waals surface area (Å²) in [5.74, 6) is -1.08. The van der Waals surface area contributed by atoms with Crippen LogP contribution >= 0.6 is 0 Å². The van der Waals surface area contributed by atoms with E-state index in [0.717, 1.165) is 4.57 Å². The second-order valence-electron chi connectivity index (χ2n) is 7.99. The Balaban J connectivity index is 1.80. The zero-order valence-corrected chi connectivity index (χ0v) is 18.6. The van der Waals surface area contributed by atoms with E-state index in [-0.39, 0.29) is 11.8 Å². The van der Waals surface area contributed by atoms with Gasteiger partial charge in [-0.1, -0.05) is 48.5 Å². The van der Waals surface area contributed by atoms with Crippen molar-refractivity contribution in [3.8, 4) is 11.1 Å². The second-order valence-corrected chi connectivity index (χ2v) is 7.99. The van der Waals surface area contributed by atoms with Gasteiger partial charge in [-0.15, -0.1) is 0 Å². The van der Waals surface area contributed by atoms with Gasteiger partial charge >= 0.3 is 18.3 Å². The minimum atomic E-state index is -5.04. The topological polar surface area (TPSA) is 48.3 Å². The van der Waals surface area contributed by atoms with Crippen LogP contribution in [-0.2, 0) is 30.7 Å². The number of alkyl halides is 6. The Morgan fingerprint density at radius 2 is 1.33 bits per heavy atom. The van der Waals surface area contributed by atoms with Crippen LogP contribution in [0.5, 0.6) is 0 Å². The Morgan fingerprint density at radius 1 is 0.806 bits per heavy atom. The molecule has 36 heavy (non-hydrogen) atoms. The highest BCUT2D eigenvalue weighted by molar-refractivity contribution is 6.06. The molecule has 0 atom stereocenters. The molecule has 0 spiro atoms. The van der Waals surface area contributed by atoms with E-state index >= 15 is 0 Å². The zero-order valence-electron chi connectivity index (χ0n) is 18.6. The van der Waals surface area contributed by atoms with Gasteiger partial charge in [0.15, 0.2) is 0 Å². The van der Waals surface area contributed by atoms with E-state index in [9.17, 15) is 35.9 Å². The summed E-state index contributed by atoms with van der Waals surface area (Å²) in [7, 11) is 1.34. The van der Waals surface area contributed by atoms with Crippen LogP contribution < -0.4 is 5.56 Å². The number of hydrogen-bond donors (Lipinski definition) is 0. The standard InChI is InChI=1S/C26H17F6NO3/c1-33-22(21(16-7-3-2-4-8-16)19-9-5-6-10-20(19)23(33)34)24(35)36-14-15-11-17(25(27,28)29)13-18(12-15)26(30,31)32/h2-13H,14H2,1H3. The van der Waals surface area contributed by atoms with Crippen LogP contribution in [0.25, 0.3) is 21.9 Å². The van der Waals surface area contributed by atoms with E-state index in [1.165, 1.54) is 7.05 Å². The SMILES string of the molecule is Cn1c(C(=O)OCc2cc(C(F)(F)F)cc(C(F)(F)F)c2)c(-c2ccccc2)c2ccccc2c1=O. The number of nitrogens with zero attached hydrogens (tertiary/aromatic N) is 1. The first-order chi connectivity index (χ1) is 16.9. The molecule has 0 saturated heterocycles. The van der Waals surface area contributed by atoms with Crippen molar-refractivity contribution in [3.63, 3.8) is 0 Å². The molecule has 0 saturated carbocycles. The zero-order chi connectivity index (χ0) is 26.3. The number of fused-ring (bicyclic) bond motifs is 1. The highest BCUT2D eigenvalue weighted by atomic mass is 19.4. The third-order valence-corrected chi connectivity index (χ3v) is 5.58. The fourth-order valence-electron chi connectivity index (χ4n) is 3.92. The number of benzene rings is 3. The number of rotatable bonds is 4. The first kappa shape index (κ1) is 25.0. The van der Waals surface area contributed by atoms with Crippen LogP contribution in [0.15, 0.2) is 77.6 Å². The summed E-state index contributed by atoms with van der Waals surface area (Å²) < 4.78 is 85.3. The maximum atomic E-state index is 13.2. The van der Waals surface area contributed by atoms with Crippen LogP contribution in [0.2, 0.25) is 0 Å². The first-order valence-corrected chi connectivity index (χ1v) is 10.5. The number of esters is 1. The number of halogens is 6. The molecule has 10 heteroatoms. The Morgan fingerprint density at radius 3 is 1.89 bits per heavy atom. The molecule has 0 N–H and O–H groups in total. The third-order valence-electron chi connectivity index (χ3n) is 5.58. The summed E-state index contributed by atoms with van der Waals surface area (Å²) in [4.78, 5) is 26.1. The number of pyridine rings is 1. The normalized spacial score (nSPS) is 12.1. The summed E-state index contributed by atoms with van der Waals surface area (Å²) in [6.07, 6.45) is -10.1. The molecule has 4 aromatic rings. The Kier molecular flexibility index (Phi) is 6.38. The van der Waals surface area contributed by atoms with E-state index in [4.69, 9.17) is 4.74 Å². The lowest BCUT2D eigenvalue weighted by atomic mass is 9.97. The van der Waals surface area contributed by atoms with Crippen LogP contribution in [-0.4, -0.2) is 10.5 Å². The lowest BCUT2D eigenvalue weighted by Gasteiger charge is -2.17. The Hall–Kier alpha value is -4.08. The van der Waals surface area contributed by atoms with E-state index in [1.54, 1.807) is 54.6 Å². The first-order valence-electron chi connectivity index (χ1n) is 10.5. The average Bonchev–Trinajstić information content (AvgIpc) is 2.84. The number of carbonyl (C=O) groups excluding carboxylic acids is 1. The van der Waals surface area contributed by atoms with Gasteiger partial charge in [-0.3, -0.25) is 4.79 Å². The van der Waals surface area contributed by atoms with Gasteiger partial charge in [-0.2, -0.15) is 26.3 Å². The van der Waals surface area contributed by atoms with Crippen molar-refractivity contribution in [2.45, 2.75) is 19.0 Å². The predicted octanol–water partition coefficient (Wildman–Crippen LogP) is 6.60. The number of carbonyl (C=O) groups is 1. The van der Waals surface area contributed by atoms with Crippen molar-refractivity contribution < 1.29 is 35.9 Å². The molecular weight excluding hydrogens is 488 g/mol. The lowest BCUT2D eigenvalue weighted by Crippen LogP contribution is -2.26. The smallest absolute Gasteiger partial charge is 0.416 e. The van der Waals surface area contributed by atoms with Crippen LogP contribution in [0.3, 0.4) is 0 Å². The molecular formula is C26H17F6NO3. The summed E-state index contributed by atoms with van der Waals surface area (Å²) in [5.41, 5.74) is -3.34. The molecule has 0 aliphatic carbocycles. The van der Waals surface area contributed by atoms with Gasteiger partial charge in [-0.05, 0) is 40.8 Å². The van der Waals surface area contributed by atoms with Crippen molar-refractivity contribution in [1.82, 2.24) is 4.57 Å². The predicted molar refractivity (Wildman–Crippen MR) is 120 cm³/mol. The minimum Gasteiger partial charge on any atom is -0.456 e. The molecule has 4 nitrogen and oxygen atoms in total. The van der Waals surface area contributed by atoms with Gasteiger partial charge in [0.1, 0.15) is 12.3 Å². The highest BCUT2D eigenvalue weighted by Crippen LogP contribution is 2.37. The van der Waals surface area contributed by atoms with E-state index in [2.05, 4.69) is 0 Å². The molecule has 1 heterocycles. The molecule has 186 valence electrons. The number of ether oxygens (including phenoxy) is 1.